The Hall–Kier alpha value is -1.02. The number of esters is 1. The molecule has 0 spiro atoms. The van der Waals surface area contributed by atoms with Gasteiger partial charge in [0.15, 0.2) is 5.38 Å². The Kier molecular flexibility index (Phi) is 5.33. The third-order valence-corrected chi connectivity index (χ3v) is 2.93. The summed E-state index contributed by atoms with van der Waals surface area (Å²) in [5.41, 5.74) is 2.06. The SMILES string of the molecule is CCCCc1ccc(C(Cl)C(=O)OC)cc1. The van der Waals surface area contributed by atoms with Crippen LogP contribution in [0.1, 0.15) is 36.3 Å². The second-order valence-corrected chi connectivity index (χ2v) is 4.17. The lowest BCUT2D eigenvalue weighted by Crippen LogP contribution is -2.08. The molecule has 0 N–H and O–H groups in total. The van der Waals surface area contributed by atoms with Crippen LogP contribution >= 0.6 is 11.6 Å². The summed E-state index contributed by atoms with van der Waals surface area (Å²) in [6.45, 7) is 2.17. The minimum absolute atomic E-state index is 0.414. The Balaban J connectivity index is 2.67. The highest BCUT2D eigenvalue weighted by atomic mass is 35.5. The molecule has 0 aliphatic rings. The first-order chi connectivity index (χ1) is 7.69. The van der Waals surface area contributed by atoms with Crippen LogP contribution in [-0.2, 0) is 16.0 Å². The highest BCUT2D eigenvalue weighted by Crippen LogP contribution is 2.22. The van der Waals surface area contributed by atoms with Gasteiger partial charge in [0.1, 0.15) is 0 Å². The number of benzene rings is 1. The van der Waals surface area contributed by atoms with Crippen molar-refractivity contribution in [3.05, 3.63) is 35.4 Å². The van der Waals surface area contributed by atoms with Crippen molar-refractivity contribution in [2.75, 3.05) is 7.11 Å². The lowest BCUT2D eigenvalue weighted by Gasteiger charge is -2.08. The molecule has 16 heavy (non-hydrogen) atoms. The first-order valence-corrected chi connectivity index (χ1v) is 5.93. The van der Waals surface area contributed by atoms with Crippen molar-refractivity contribution in [3.8, 4) is 0 Å². The highest BCUT2D eigenvalue weighted by Gasteiger charge is 2.17. The minimum Gasteiger partial charge on any atom is -0.468 e. The molecular formula is C13H17ClO2. The van der Waals surface area contributed by atoms with Gasteiger partial charge in [-0.15, -0.1) is 11.6 Å². The summed E-state index contributed by atoms with van der Waals surface area (Å²) in [5.74, 6) is -0.414. The fraction of sp³-hybridized carbons (Fsp3) is 0.462. The van der Waals surface area contributed by atoms with Crippen LogP contribution in [0, 0.1) is 0 Å². The molecule has 0 aliphatic carbocycles. The molecule has 1 rings (SSSR count). The Bertz CT molecular complexity index is 332. The minimum atomic E-state index is -0.703. The van der Waals surface area contributed by atoms with Gasteiger partial charge in [-0.1, -0.05) is 37.6 Å². The molecule has 0 heterocycles. The second-order valence-electron chi connectivity index (χ2n) is 3.73. The normalized spacial score (nSPS) is 12.2. The largest absolute Gasteiger partial charge is 0.468 e. The molecular weight excluding hydrogens is 224 g/mol. The average Bonchev–Trinajstić information content (AvgIpc) is 2.35. The first kappa shape index (κ1) is 13.0. The van der Waals surface area contributed by atoms with Gasteiger partial charge in [0.2, 0.25) is 0 Å². The van der Waals surface area contributed by atoms with Gasteiger partial charge in [-0.3, -0.25) is 4.79 Å². The second kappa shape index (κ2) is 6.54. The fourth-order valence-corrected chi connectivity index (χ4v) is 1.71. The van der Waals surface area contributed by atoms with Gasteiger partial charge in [-0.25, -0.2) is 0 Å². The molecule has 0 amide bonds. The number of rotatable bonds is 5. The number of carbonyl (C=O) groups excluding carboxylic acids is 1. The van der Waals surface area contributed by atoms with E-state index in [2.05, 4.69) is 11.7 Å². The van der Waals surface area contributed by atoms with Gasteiger partial charge in [0, 0.05) is 0 Å². The molecule has 1 unspecified atom stereocenters. The van der Waals surface area contributed by atoms with E-state index in [1.807, 2.05) is 24.3 Å². The molecule has 0 aromatic heterocycles. The molecule has 88 valence electrons. The average molecular weight is 241 g/mol. The number of unbranched alkanes of at least 4 members (excludes halogenated alkanes) is 1. The van der Waals surface area contributed by atoms with Crippen LogP contribution in [0.2, 0.25) is 0 Å². The van der Waals surface area contributed by atoms with E-state index in [1.165, 1.54) is 25.5 Å². The highest BCUT2D eigenvalue weighted by molar-refractivity contribution is 6.29. The van der Waals surface area contributed by atoms with E-state index in [9.17, 15) is 4.79 Å². The maximum absolute atomic E-state index is 11.2. The summed E-state index contributed by atoms with van der Waals surface area (Å²) >= 11 is 5.94. The quantitative estimate of drug-likeness (QED) is 0.582. The molecule has 0 saturated heterocycles. The smallest absolute Gasteiger partial charge is 0.328 e. The van der Waals surface area contributed by atoms with Crippen molar-refractivity contribution in [2.45, 2.75) is 31.6 Å². The Labute approximate surface area is 102 Å². The maximum atomic E-state index is 11.2. The van der Waals surface area contributed by atoms with Crippen molar-refractivity contribution >= 4 is 17.6 Å². The predicted octanol–water partition coefficient (Wildman–Crippen LogP) is 3.48. The van der Waals surface area contributed by atoms with Crippen molar-refractivity contribution in [2.24, 2.45) is 0 Å². The van der Waals surface area contributed by atoms with Crippen LogP contribution in [0.25, 0.3) is 0 Å². The van der Waals surface area contributed by atoms with Crippen LogP contribution in [0.15, 0.2) is 24.3 Å². The number of aryl methyl sites for hydroxylation is 1. The molecule has 0 fully saturated rings. The van der Waals surface area contributed by atoms with E-state index < -0.39 is 11.3 Å². The fourth-order valence-electron chi connectivity index (χ4n) is 1.47. The zero-order chi connectivity index (χ0) is 12.0. The van der Waals surface area contributed by atoms with Gasteiger partial charge >= 0.3 is 5.97 Å². The van der Waals surface area contributed by atoms with Gasteiger partial charge in [0.05, 0.1) is 7.11 Å². The van der Waals surface area contributed by atoms with Gasteiger partial charge in [-0.2, -0.15) is 0 Å². The standard InChI is InChI=1S/C13H17ClO2/c1-3-4-5-10-6-8-11(9-7-10)12(14)13(15)16-2/h6-9,12H,3-5H2,1-2H3. The Morgan fingerprint density at radius 3 is 2.50 bits per heavy atom. The van der Waals surface area contributed by atoms with E-state index in [4.69, 9.17) is 11.6 Å². The number of ether oxygens (including phenoxy) is 1. The number of carbonyl (C=O) groups is 1. The van der Waals surface area contributed by atoms with Crippen LogP contribution in [0.5, 0.6) is 0 Å². The molecule has 0 bridgehead atoms. The van der Waals surface area contributed by atoms with Crippen molar-refractivity contribution in [1.29, 1.82) is 0 Å². The number of hydrogen-bond acceptors (Lipinski definition) is 2. The number of halogens is 1. The summed E-state index contributed by atoms with van der Waals surface area (Å²) in [6, 6.07) is 7.81. The maximum Gasteiger partial charge on any atom is 0.328 e. The summed E-state index contributed by atoms with van der Waals surface area (Å²) in [4.78, 5) is 11.2. The van der Waals surface area contributed by atoms with Gasteiger partial charge in [0.25, 0.3) is 0 Å². The van der Waals surface area contributed by atoms with E-state index in [1.54, 1.807) is 0 Å². The third-order valence-electron chi connectivity index (χ3n) is 2.50. The summed E-state index contributed by atoms with van der Waals surface area (Å²) < 4.78 is 4.59. The van der Waals surface area contributed by atoms with Crippen LogP contribution in [-0.4, -0.2) is 13.1 Å². The number of alkyl halides is 1. The molecule has 1 aromatic carbocycles. The van der Waals surface area contributed by atoms with Crippen molar-refractivity contribution in [1.82, 2.24) is 0 Å². The van der Waals surface area contributed by atoms with Crippen molar-refractivity contribution in [3.63, 3.8) is 0 Å². The Morgan fingerprint density at radius 1 is 1.38 bits per heavy atom. The Morgan fingerprint density at radius 2 is 2.00 bits per heavy atom. The van der Waals surface area contributed by atoms with E-state index in [0.717, 1.165) is 12.0 Å². The molecule has 3 heteroatoms. The van der Waals surface area contributed by atoms with Crippen LogP contribution in [0.3, 0.4) is 0 Å². The van der Waals surface area contributed by atoms with Gasteiger partial charge in [-0.05, 0) is 24.0 Å². The third kappa shape index (κ3) is 3.53. The van der Waals surface area contributed by atoms with E-state index in [-0.39, 0.29) is 0 Å². The molecule has 0 radical (unpaired) electrons. The zero-order valence-corrected chi connectivity index (χ0v) is 10.5. The topological polar surface area (TPSA) is 26.3 Å². The molecule has 2 nitrogen and oxygen atoms in total. The van der Waals surface area contributed by atoms with Gasteiger partial charge < -0.3 is 4.74 Å². The van der Waals surface area contributed by atoms with E-state index in [0.29, 0.717) is 0 Å². The first-order valence-electron chi connectivity index (χ1n) is 5.49. The lowest BCUT2D eigenvalue weighted by atomic mass is 10.0. The van der Waals surface area contributed by atoms with Crippen molar-refractivity contribution < 1.29 is 9.53 Å². The molecule has 0 aliphatic heterocycles. The lowest BCUT2D eigenvalue weighted by molar-refractivity contribution is -0.140. The van der Waals surface area contributed by atoms with Crippen LogP contribution < -0.4 is 0 Å². The summed E-state index contributed by atoms with van der Waals surface area (Å²) in [7, 11) is 1.34. The summed E-state index contributed by atoms with van der Waals surface area (Å²) in [5, 5.41) is -0.703. The predicted molar refractivity (Wildman–Crippen MR) is 65.7 cm³/mol. The zero-order valence-electron chi connectivity index (χ0n) is 9.70. The molecule has 1 aromatic rings. The molecule has 1 atom stereocenters. The summed E-state index contributed by atoms with van der Waals surface area (Å²) in [6.07, 6.45) is 3.44. The number of hydrogen-bond donors (Lipinski definition) is 0. The monoisotopic (exact) mass is 240 g/mol. The van der Waals surface area contributed by atoms with E-state index >= 15 is 0 Å². The van der Waals surface area contributed by atoms with Crippen LogP contribution in [0.4, 0.5) is 0 Å². The number of methoxy groups -OCH3 is 1. The molecule has 0 saturated carbocycles.